The van der Waals surface area contributed by atoms with Crippen LogP contribution in [0.15, 0.2) is 64.3 Å². The second-order valence-corrected chi connectivity index (χ2v) is 9.01. The van der Waals surface area contributed by atoms with Crippen LogP contribution in [0.1, 0.15) is 29.3 Å². The van der Waals surface area contributed by atoms with E-state index in [1.165, 1.54) is 29.9 Å². The molecule has 196 valence electrons. The van der Waals surface area contributed by atoms with Crippen molar-refractivity contribution in [3.8, 4) is 28.7 Å². The van der Waals surface area contributed by atoms with Crippen molar-refractivity contribution in [2.24, 2.45) is 0 Å². The topological polar surface area (TPSA) is 102 Å². The van der Waals surface area contributed by atoms with Gasteiger partial charge in [0, 0.05) is 12.2 Å². The first-order valence-corrected chi connectivity index (χ1v) is 11.9. The summed E-state index contributed by atoms with van der Waals surface area (Å²) in [4.78, 5) is 31.1. The molecule has 5 rings (SSSR count). The Morgan fingerprint density at radius 2 is 1.90 bits per heavy atom. The number of alkyl halides is 3. The number of aromatic nitrogens is 4. The summed E-state index contributed by atoms with van der Waals surface area (Å²) in [5, 5.41) is 17.3. The molecule has 1 saturated heterocycles. The zero-order chi connectivity index (χ0) is 27.9. The third-order valence-electron chi connectivity index (χ3n) is 6.71. The van der Waals surface area contributed by atoms with E-state index in [1.54, 1.807) is 24.3 Å². The van der Waals surface area contributed by atoms with Gasteiger partial charge in [0.1, 0.15) is 6.07 Å². The van der Waals surface area contributed by atoms with Crippen LogP contribution in [0.3, 0.4) is 0 Å². The fourth-order valence-corrected chi connectivity index (χ4v) is 4.84. The Kier molecular flexibility index (Phi) is 6.42. The van der Waals surface area contributed by atoms with Gasteiger partial charge >= 0.3 is 11.9 Å². The SMILES string of the molecule is [C-]#[N+]c1ccc(-n2ncc(C#N)c2-c2c(C)n(-c3cccc(C(F)(F)F)c3)c(=O)n([C@@H]3CCNC3)c2=O)cc1. The molecule has 1 aliphatic rings. The predicted octanol–water partition coefficient (Wildman–Crippen LogP) is 4.14. The quantitative estimate of drug-likeness (QED) is 0.399. The summed E-state index contributed by atoms with van der Waals surface area (Å²) >= 11 is 0. The van der Waals surface area contributed by atoms with Gasteiger partial charge in [-0.15, -0.1) is 0 Å². The van der Waals surface area contributed by atoms with Gasteiger partial charge in [-0.05, 0) is 50.2 Å². The number of halogens is 3. The Hall–Kier alpha value is -4.94. The molecule has 0 radical (unpaired) electrons. The van der Waals surface area contributed by atoms with E-state index < -0.39 is 29.0 Å². The lowest BCUT2D eigenvalue weighted by Crippen LogP contribution is -2.44. The molecule has 1 fully saturated rings. The third-order valence-corrected chi connectivity index (χ3v) is 6.71. The van der Waals surface area contributed by atoms with Crippen LogP contribution in [-0.2, 0) is 6.18 Å². The minimum Gasteiger partial charge on any atom is -0.315 e. The molecule has 1 atom stereocenters. The van der Waals surface area contributed by atoms with Gasteiger partial charge in [0.2, 0.25) is 0 Å². The van der Waals surface area contributed by atoms with Crippen molar-refractivity contribution in [3.05, 3.63) is 104 Å². The average molecular weight is 531 g/mol. The Labute approximate surface area is 219 Å². The van der Waals surface area contributed by atoms with E-state index in [-0.39, 0.29) is 28.2 Å². The third kappa shape index (κ3) is 4.41. The van der Waals surface area contributed by atoms with Gasteiger partial charge in [-0.3, -0.25) is 13.9 Å². The number of rotatable bonds is 4. The van der Waals surface area contributed by atoms with E-state index in [0.717, 1.165) is 21.3 Å². The second-order valence-electron chi connectivity index (χ2n) is 9.01. The molecule has 4 aromatic rings. The van der Waals surface area contributed by atoms with Crippen LogP contribution in [0.25, 0.3) is 27.5 Å². The lowest BCUT2D eigenvalue weighted by Gasteiger charge is -2.21. The molecule has 0 amide bonds. The Balaban J connectivity index is 1.86. The highest BCUT2D eigenvalue weighted by Gasteiger charge is 2.32. The minimum atomic E-state index is -4.65. The van der Waals surface area contributed by atoms with E-state index >= 15 is 0 Å². The average Bonchev–Trinajstić information content (AvgIpc) is 3.59. The van der Waals surface area contributed by atoms with Crippen molar-refractivity contribution < 1.29 is 13.2 Å². The van der Waals surface area contributed by atoms with E-state index in [4.69, 9.17) is 6.57 Å². The first-order chi connectivity index (χ1) is 18.7. The Morgan fingerprint density at radius 3 is 2.51 bits per heavy atom. The fraction of sp³-hybridized carbons (Fsp3) is 0.222. The number of nitrogens with zero attached hydrogens (tertiary/aromatic N) is 6. The highest BCUT2D eigenvalue weighted by molar-refractivity contribution is 5.71. The Bertz CT molecular complexity index is 1780. The molecule has 0 aliphatic carbocycles. The summed E-state index contributed by atoms with van der Waals surface area (Å²) in [6.07, 6.45) is -2.91. The zero-order valence-corrected chi connectivity index (χ0v) is 20.5. The van der Waals surface area contributed by atoms with E-state index in [9.17, 15) is 28.0 Å². The molecule has 3 heterocycles. The van der Waals surface area contributed by atoms with Crippen molar-refractivity contribution in [1.82, 2.24) is 24.2 Å². The van der Waals surface area contributed by atoms with Crippen molar-refractivity contribution in [1.29, 1.82) is 5.26 Å². The van der Waals surface area contributed by atoms with Gasteiger partial charge < -0.3 is 5.32 Å². The molecule has 1 aliphatic heterocycles. The predicted molar refractivity (Wildman–Crippen MR) is 136 cm³/mol. The molecule has 12 heteroatoms. The molecule has 1 N–H and O–H groups in total. The van der Waals surface area contributed by atoms with Crippen LogP contribution in [0.5, 0.6) is 0 Å². The largest absolute Gasteiger partial charge is 0.416 e. The highest BCUT2D eigenvalue weighted by atomic mass is 19.4. The zero-order valence-electron chi connectivity index (χ0n) is 20.5. The van der Waals surface area contributed by atoms with Crippen LogP contribution >= 0.6 is 0 Å². The number of hydrogen-bond acceptors (Lipinski definition) is 5. The minimum absolute atomic E-state index is 0.0368. The molecule has 2 aromatic heterocycles. The van der Waals surface area contributed by atoms with Gasteiger partial charge in [0.05, 0.1) is 52.6 Å². The van der Waals surface area contributed by atoms with E-state index in [0.29, 0.717) is 30.9 Å². The smallest absolute Gasteiger partial charge is 0.315 e. The Morgan fingerprint density at radius 1 is 1.15 bits per heavy atom. The van der Waals surface area contributed by atoms with Crippen molar-refractivity contribution in [3.63, 3.8) is 0 Å². The van der Waals surface area contributed by atoms with Gasteiger partial charge in [-0.25, -0.2) is 14.3 Å². The summed E-state index contributed by atoms with van der Waals surface area (Å²) in [7, 11) is 0. The van der Waals surface area contributed by atoms with Crippen LogP contribution in [-0.4, -0.2) is 32.0 Å². The molecular formula is C27H20F3N7O2. The summed E-state index contributed by atoms with van der Waals surface area (Å²) in [6, 6.07) is 12.1. The van der Waals surface area contributed by atoms with Gasteiger partial charge in [-0.2, -0.15) is 23.5 Å². The second kappa shape index (κ2) is 9.74. The monoisotopic (exact) mass is 531 g/mol. The number of nitriles is 1. The molecule has 9 nitrogen and oxygen atoms in total. The standard InChI is InChI=1S/C27H20F3N7O2/c1-16-23(24-17(13-31)14-34-37(24)20-8-6-19(32-2)7-9-20)25(38)36(22-10-11-33-15-22)26(39)35(16)21-5-3-4-18(12-21)27(28,29)30/h3-9,12,14,22,33H,10-11,15H2,1H3/t22-/m1/s1. The van der Waals surface area contributed by atoms with Crippen LogP contribution in [0, 0.1) is 24.8 Å². The lowest BCUT2D eigenvalue weighted by atomic mass is 10.1. The van der Waals surface area contributed by atoms with Gasteiger partial charge in [0.25, 0.3) is 5.56 Å². The first kappa shape index (κ1) is 25.7. The van der Waals surface area contributed by atoms with E-state index in [2.05, 4.69) is 15.3 Å². The maximum Gasteiger partial charge on any atom is 0.416 e. The van der Waals surface area contributed by atoms with Crippen molar-refractivity contribution >= 4 is 5.69 Å². The fourth-order valence-electron chi connectivity index (χ4n) is 4.84. The maximum absolute atomic E-state index is 14.0. The summed E-state index contributed by atoms with van der Waals surface area (Å²) in [6.45, 7) is 9.51. The van der Waals surface area contributed by atoms with Crippen molar-refractivity contribution in [2.75, 3.05) is 13.1 Å². The number of benzene rings is 2. The van der Waals surface area contributed by atoms with Crippen LogP contribution in [0.4, 0.5) is 18.9 Å². The molecule has 39 heavy (non-hydrogen) atoms. The first-order valence-electron chi connectivity index (χ1n) is 11.9. The number of hydrogen-bond donors (Lipinski definition) is 1. The molecular weight excluding hydrogens is 511 g/mol. The molecule has 2 aromatic carbocycles. The van der Waals surface area contributed by atoms with Gasteiger partial charge in [-0.1, -0.05) is 18.2 Å². The summed E-state index contributed by atoms with van der Waals surface area (Å²) in [5.41, 5.74) is -1.50. The molecule has 0 bridgehead atoms. The lowest BCUT2D eigenvalue weighted by molar-refractivity contribution is -0.137. The summed E-state index contributed by atoms with van der Waals surface area (Å²) in [5.74, 6) is 0. The highest BCUT2D eigenvalue weighted by Crippen LogP contribution is 2.32. The van der Waals surface area contributed by atoms with Crippen LogP contribution < -0.4 is 16.6 Å². The number of nitrogens with one attached hydrogen (secondary N) is 1. The molecule has 0 saturated carbocycles. The maximum atomic E-state index is 14.0. The van der Waals surface area contributed by atoms with Crippen molar-refractivity contribution in [2.45, 2.75) is 25.6 Å². The summed E-state index contributed by atoms with van der Waals surface area (Å²) < 4.78 is 44.1. The van der Waals surface area contributed by atoms with E-state index in [1.807, 2.05) is 6.07 Å². The normalized spacial score (nSPS) is 15.2. The molecule has 0 spiro atoms. The van der Waals surface area contributed by atoms with Crippen LogP contribution in [0.2, 0.25) is 0 Å². The van der Waals surface area contributed by atoms with Gasteiger partial charge in [0.15, 0.2) is 5.69 Å². The molecule has 0 unspecified atom stereocenters.